The third-order valence-corrected chi connectivity index (χ3v) is 5.40. The van der Waals surface area contributed by atoms with Gasteiger partial charge < -0.3 is 9.73 Å². The van der Waals surface area contributed by atoms with E-state index in [4.69, 9.17) is 4.42 Å². The number of rotatable bonds is 6. The molecule has 0 saturated heterocycles. The first kappa shape index (κ1) is 17.5. The van der Waals surface area contributed by atoms with Gasteiger partial charge in [-0.05, 0) is 54.8 Å². The van der Waals surface area contributed by atoms with Crippen LogP contribution in [-0.2, 0) is 4.79 Å². The molecule has 1 aliphatic carbocycles. The molecule has 0 bridgehead atoms. The summed E-state index contributed by atoms with van der Waals surface area (Å²) in [6.07, 6.45) is 4.61. The van der Waals surface area contributed by atoms with Gasteiger partial charge in [-0.1, -0.05) is 24.6 Å². The summed E-state index contributed by atoms with van der Waals surface area (Å²) in [5.41, 5.74) is 0. The molecular formula is C16H21BrN4O2S. The Kier molecular flexibility index (Phi) is 5.65. The average molecular weight is 413 g/mol. The molecule has 0 radical (unpaired) electrons. The molecule has 1 aliphatic rings. The van der Waals surface area contributed by atoms with E-state index >= 15 is 0 Å². The quantitative estimate of drug-likeness (QED) is 0.724. The van der Waals surface area contributed by atoms with Gasteiger partial charge in [0.05, 0.1) is 5.75 Å². The summed E-state index contributed by atoms with van der Waals surface area (Å²) in [6.45, 7) is 4.13. The molecule has 0 spiro atoms. The van der Waals surface area contributed by atoms with Crippen molar-refractivity contribution in [3.05, 3.63) is 16.8 Å². The van der Waals surface area contributed by atoms with Crippen molar-refractivity contribution >= 4 is 33.6 Å². The predicted octanol–water partition coefficient (Wildman–Crippen LogP) is 4.03. The number of carbonyl (C=O) groups is 1. The first-order chi connectivity index (χ1) is 11.5. The van der Waals surface area contributed by atoms with Crippen LogP contribution in [0.25, 0.3) is 11.6 Å². The number of aromatic nitrogens is 3. The molecule has 8 heteroatoms. The monoisotopic (exact) mass is 412 g/mol. The second kappa shape index (κ2) is 7.74. The fraction of sp³-hybridized carbons (Fsp3) is 0.562. The highest BCUT2D eigenvalue weighted by Crippen LogP contribution is 2.30. The number of thioether (sulfide) groups is 1. The topological polar surface area (TPSA) is 73.0 Å². The Bertz CT molecular complexity index is 707. The third-order valence-electron chi connectivity index (χ3n) is 4.03. The van der Waals surface area contributed by atoms with Crippen molar-refractivity contribution < 1.29 is 9.21 Å². The van der Waals surface area contributed by atoms with Crippen molar-refractivity contribution in [3.8, 4) is 11.6 Å². The van der Waals surface area contributed by atoms with Crippen molar-refractivity contribution in [1.82, 2.24) is 20.1 Å². The lowest BCUT2D eigenvalue weighted by atomic mass is 10.2. The van der Waals surface area contributed by atoms with Gasteiger partial charge >= 0.3 is 0 Å². The maximum atomic E-state index is 12.1. The Morgan fingerprint density at radius 1 is 1.42 bits per heavy atom. The molecule has 1 N–H and O–H groups in total. The van der Waals surface area contributed by atoms with E-state index in [0.717, 1.165) is 18.0 Å². The standard InChI is InChI=1S/C16H21BrN4O2S/c1-10(2)21-15(12-7-8-13(17)23-12)19-20-16(21)24-9-14(22)18-11-5-3-4-6-11/h7-8,10-11H,3-6,9H2,1-2H3,(H,18,22). The lowest BCUT2D eigenvalue weighted by molar-refractivity contribution is -0.119. The number of nitrogens with zero attached hydrogens (tertiary/aromatic N) is 3. The molecule has 130 valence electrons. The summed E-state index contributed by atoms with van der Waals surface area (Å²) in [6, 6.07) is 4.20. The predicted molar refractivity (Wildman–Crippen MR) is 96.9 cm³/mol. The molecule has 24 heavy (non-hydrogen) atoms. The van der Waals surface area contributed by atoms with Crippen LogP contribution in [0.5, 0.6) is 0 Å². The van der Waals surface area contributed by atoms with Gasteiger partial charge in [0.15, 0.2) is 15.6 Å². The summed E-state index contributed by atoms with van der Waals surface area (Å²) in [5.74, 6) is 1.75. The van der Waals surface area contributed by atoms with E-state index in [-0.39, 0.29) is 11.9 Å². The van der Waals surface area contributed by atoms with Crippen LogP contribution in [0.15, 0.2) is 26.4 Å². The molecule has 2 heterocycles. The van der Waals surface area contributed by atoms with E-state index in [0.29, 0.717) is 28.0 Å². The molecule has 0 aliphatic heterocycles. The SMILES string of the molecule is CC(C)n1c(SCC(=O)NC2CCCC2)nnc1-c1ccc(Br)o1. The fourth-order valence-electron chi connectivity index (χ4n) is 2.91. The Hall–Kier alpha value is -1.28. The number of furan rings is 1. The second-order valence-corrected chi connectivity index (χ2v) is 7.94. The normalized spacial score (nSPS) is 15.3. The lowest BCUT2D eigenvalue weighted by Crippen LogP contribution is -2.33. The lowest BCUT2D eigenvalue weighted by Gasteiger charge is -2.14. The number of hydrogen-bond donors (Lipinski definition) is 1. The molecule has 0 aromatic carbocycles. The van der Waals surface area contributed by atoms with Gasteiger partial charge in [-0.3, -0.25) is 9.36 Å². The summed E-state index contributed by atoms with van der Waals surface area (Å²) in [5, 5.41) is 12.3. The van der Waals surface area contributed by atoms with Crippen LogP contribution in [0.2, 0.25) is 0 Å². The Balaban J connectivity index is 1.69. The van der Waals surface area contributed by atoms with Crippen LogP contribution in [0.1, 0.15) is 45.6 Å². The number of carbonyl (C=O) groups excluding carboxylic acids is 1. The van der Waals surface area contributed by atoms with E-state index in [1.54, 1.807) is 0 Å². The second-order valence-electron chi connectivity index (χ2n) is 6.21. The molecule has 0 atom stereocenters. The van der Waals surface area contributed by atoms with Gasteiger partial charge in [-0.15, -0.1) is 10.2 Å². The van der Waals surface area contributed by atoms with Crippen molar-refractivity contribution in [2.75, 3.05) is 5.75 Å². The van der Waals surface area contributed by atoms with Crippen molar-refractivity contribution in [3.63, 3.8) is 0 Å². The van der Waals surface area contributed by atoms with Crippen LogP contribution in [-0.4, -0.2) is 32.5 Å². The molecule has 2 aromatic rings. The zero-order valence-corrected chi connectivity index (χ0v) is 16.2. The van der Waals surface area contributed by atoms with Gasteiger partial charge in [-0.25, -0.2) is 0 Å². The molecule has 0 unspecified atom stereocenters. The number of halogens is 1. The van der Waals surface area contributed by atoms with E-state index < -0.39 is 0 Å². The average Bonchev–Trinajstić information content (AvgIpc) is 3.24. The van der Waals surface area contributed by atoms with Gasteiger partial charge in [0.2, 0.25) is 11.7 Å². The highest BCUT2D eigenvalue weighted by molar-refractivity contribution is 9.10. The van der Waals surface area contributed by atoms with Gasteiger partial charge in [-0.2, -0.15) is 0 Å². The van der Waals surface area contributed by atoms with Crippen molar-refractivity contribution in [2.24, 2.45) is 0 Å². The molecule has 1 amide bonds. The van der Waals surface area contributed by atoms with Gasteiger partial charge in [0, 0.05) is 12.1 Å². The zero-order chi connectivity index (χ0) is 17.1. The highest BCUT2D eigenvalue weighted by atomic mass is 79.9. The van der Waals surface area contributed by atoms with Gasteiger partial charge in [0.25, 0.3) is 0 Å². The number of hydrogen-bond acceptors (Lipinski definition) is 5. The molecule has 3 rings (SSSR count). The Morgan fingerprint density at radius 2 is 2.17 bits per heavy atom. The van der Waals surface area contributed by atoms with E-state index in [2.05, 4.69) is 45.3 Å². The minimum absolute atomic E-state index is 0.0625. The zero-order valence-electron chi connectivity index (χ0n) is 13.8. The van der Waals surface area contributed by atoms with Crippen LogP contribution >= 0.6 is 27.7 Å². The smallest absolute Gasteiger partial charge is 0.230 e. The molecule has 6 nitrogen and oxygen atoms in total. The fourth-order valence-corrected chi connectivity index (χ4v) is 4.10. The number of nitrogens with one attached hydrogen (secondary N) is 1. The summed E-state index contributed by atoms with van der Waals surface area (Å²) in [7, 11) is 0. The maximum absolute atomic E-state index is 12.1. The maximum Gasteiger partial charge on any atom is 0.230 e. The van der Waals surface area contributed by atoms with E-state index in [1.807, 2.05) is 16.7 Å². The molecular weight excluding hydrogens is 392 g/mol. The highest BCUT2D eigenvalue weighted by Gasteiger charge is 2.21. The Labute approximate surface area is 153 Å². The number of amides is 1. The van der Waals surface area contributed by atoms with Crippen molar-refractivity contribution in [1.29, 1.82) is 0 Å². The molecule has 1 fully saturated rings. The summed E-state index contributed by atoms with van der Waals surface area (Å²) < 4.78 is 8.25. The minimum Gasteiger partial charge on any atom is -0.446 e. The van der Waals surface area contributed by atoms with E-state index in [9.17, 15) is 4.79 Å². The van der Waals surface area contributed by atoms with E-state index in [1.165, 1.54) is 24.6 Å². The largest absolute Gasteiger partial charge is 0.446 e. The summed E-state index contributed by atoms with van der Waals surface area (Å²) in [4.78, 5) is 12.1. The first-order valence-corrected chi connectivity index (χ1v) is 9.95. The minimum atomic E-state index is 0.0625. The molecule has 2 aromatic heterocycles. The Morgan fingerprint density at radius 3 is 2.79 bits per heavy atom. The summed E-state index contributed by atoms with van der Waals surface area (Å²) >= 11 is 4.72. The van der Waals surface area contributed by atoms with Crippen LogP contribution < -0.4 is 5.32 Å². The molecule has 1 saturated carbocycles. The van der Waals surface area contributed by atoms with Crippen LogP contribution in [0.3, 0.4) is 0 Å². The van der Waals surface area contributed by atoms with Crippen LogP contribution in [0, 0.1) is 0 Å². The third kappa shape index (κ3) is 4.03. The van der Waals surface area contributed by atoms with Crippen LogP contribution in [0.4, 0.5) is 0 Å². The van der Waals surface area contributed by atoms with Crippen molar-refractivity contribution in [2.45, 2.75) is 56.8 Å². The first-order valence-electron chi connectivity index (χ1n) is 8.17. The van der Waals surface area contributed by atoms with Gasteiger partial charge in [0.1, 0.15) is 0 Å².